The number of amides is 1. The van der Waals surface area contributed by atoms with Crippen LogP contribution in [0.2, 0.25) is 0 Å². The van der Waals surface area contributed by atoms with Crippen LogP contribution in [-0.2, 0) is 4.79 Å². The van der Waals surface area contributed by atoms with E-state index in [1.54, 1.807) is 28.4 Å². The lowest BCUT2D eigenvalue weighted by molar-refractivity contribution is -0.126. The molecular weight excluding hydrogens is 260 g/mol. The van der Waals surface area contributed by atoms with Crippen molar-refractivity contribution in [1.29, 1.82) is 0 Å². The maximum Gasteiger partial charge on any atom is 0.246 e. The monoisotopic (exact) mass is 280 g/mol. The summed E-state index contributed by atoms with van der Waals surface area (Å²) in [5.74, 6) is 0.00310. The molecule has 1 aromatic rings. The molecule has 2 rings (SSSR count). The van der Waals surface area contributed by atoms with Gasteiger partial charge in [-0.3, -0.25) is 4.79 Å². The van der Waals surface area contributed by atoms with Gasteiger partial charge in [0.2, 0.25) is 5.91 Å². The molecule has 5 heteroatoms. The number of nitrogens with zero attached hydrogens (tertiary/aromatic N) is 2. The summed E-state index contributed by atoms with van der Waals surface area (Å²) in [5, 5.41) is 12.9. The molecule has 1 aromatic heterocycles. The van der Waals surface area contributed by atoms with Crippen LogP contribution in [0.5, 0.6) is 0 Å². The minimum atomic E-state index is -0.634. The first-order chi connectivity index (χ1) is 8.96. The van der Waals surface area contributed by atoms with Crippen molar-refractivity contribution in [3.05, 3.63) is 22.2 Å². The topological polar surface area (TPSA) is 53.4 Å². The molecular formula is C14H20N2O2S. The minimum Gasteiger partial charge on any atom is -0.390 e. The second-order valence-corrected chi connectivity index (χ2v) is 6.36. The minimum absolute atomic E-state index is 0.00310. The van der Waals surface area contributed by atoms with Gasteiger partial charge in [0, 0.05) is 24.5 Å². The first-order valence-electron chi connectivity index (χ1n) is 6.58. The Labute approximate surface area is 117 Å². The maximum absolute atomic E-state index is 12.1. The molecule has 0 spiro atoms. The Morgan fingerprint density at radius 1 is 1.53 bits per heavy atom. The van der Waals surface area contributed by atoms with Gasteiger partial charge in [0.15, 0.2) is 0 Å². The fraction of sp³-hybridized carbons (Fsp3) is 0.571. The van der Waals surface area contributed by atoms with Crippen molar-refractivity contribution in [2.24, 2.45) is 0 Å². The van der Waals surface area contributed by atoms with Gasteiger partial charge >= 0.3 is 0 Å². The van der Waals surface area contributed by atoms with Crippen LogP contribution in [0.25, 0.3) is 6.08 Å². The van der Waals surface area contributed by atoms with E-state index in [0.717, 1.165) is 30.1 Å². The van der Waals surface area contributed by atoms with E-state index in [1.165, 1.54) is 0 Å². The molecule has 19 heavy (non-hydrogen) atoms. The van der Waals surface area contributed by atoms with Crippen molar-refractivity contribution in [2.45, 2.75) is 38.7 Å². The number of aliphatic hydroxyl groups is 1. The zero-order valence-corrected chi connectivity index (χ0v) is 12.2. The lowest BCUT2D eigenvalue weighted by Gasteiger charge is -2.21. The van der Waals surface area contributed by atoms with Crippen LogP contribution in [0.4, 0.5) is 0 Å². The molecule has 0 saturated carbocycles. The Morgan fingerprint density at radius 3 is 3.00 bits per heavy atom. The molecule has 104 valence electrons. The van der Waals surface area contributed by atoms with Gasteiger partial charge in [-0.15, -0.1) is 11.3 Å². The third kappa shape index (κ3) is 4.14. The van der Waals surface area contributed by atoms with Gasteiger partial charge in [0.25, 0.3) is 0 Å². The van der Waals surface area contributed by atoms with E-state index in [2.05, 4.69) is 4.98 Å². The molecule has 1 amide bonds. The number of aromatic nitrogens is 1. The van der Waals surface area contributed by atoms with Crippen LogP contribution < -0.4 is 0 Å². The molecule has 4 nitrogen and oxygen atoms in total. The number of rotatable bonds is 2. The fourth-order valence-electron chi connectivity index (χ4n) is 2.20. The first kappa shape index (κ1) is 14.2. The Hall–Kier alpha value is -1.20. The Balaban J connectivity index is 1.94. The van der Waals surface area contributed by atoms with Gasteiger partial charge in [-0.1, -0.05) is 0 Å². The molecule has 0 radical (unpaired) electrons. The molecule has 2 heterocycles. The number of aryl methyl sites for hydroxylation is 1. The Morgan fingerprint density at radius 2 is 2.32 bits per heavy atom. The molecule has 1 aliphatic heterocycles. The van der Waals surface area contributed by atoms with Crippen LogP contribution in [0.1, 0.15) is 36.9 Å². The van der Waals surface area contributed by atoms with E-state index in [-0.39, 0.29) is 5.91 Å². The van der Waals surface area contributed by atoms with E-state index in [4.69, 9.17) is 0 Å². The van der Waals surface area contributed by atoms with E-state index < -0.39 is 5.60 Å². The summed E-state index contributed by atoms with van der Waals surface area (Å²) in [5.41, 5.74) is 0.197. The SMILES string of the molecule is Cc1nc(/C=C/C(=O)N2CCCC(C)(O)CC2)cs1. The van der Waals surface area contributed by atoms with Gasteiger partial charge in [-0.25, -0.2) is 4.98 Å². The predicted molar refractivity (Wildman–Crippen MR) is 76.9 cm³/mol. The number of thiazole rings is 1. The van der Waals surface area contributed by atoms with Gasteiger partial charge in [-0.2, -0.15) is 0 Å². The number of hydrogen-bond acceptors (Lipinski definition) is 4. The van der Waals surface area contributed by atoms with E-state index in [9.17, 15) is 9.90 Å². The van der Waals surface area contributed by atoms with Crippen molar-refractivity contribution in [2.75, 3.05) is 13.1 Å². The van der Waals surface area contributed by atoms with Crippen molar-refractivity contribution >= 4 is 23.3 Å². The van der Waals surface area contributed by atoms with Crippen LogP contribution in [-0.4, -0.2) is 39.6 Å². The second-order valence-electron chi connectivity index (χ2n) is 5.30. The Kier molecular flexibility index (Phi) is 4.37. The summed E-state index contributed by atoms with van der Waals surface area (Å²) in [6.07, 6.45) is 5.58. The number of carbonyl (C=O) groups excluding carboxylic acids is 1. The van der Waals surface area contributed by atoms with E-state index in [0.29, 0.717) is 13.0 Å². The second kappa shape index (κ2) is 5.84. The van der Waals surface area contributed by atoms with Crippen LogP contribution in [0.15, 0.2) is 11.5 Å². The van der Waals surface area contributed by atoms with Crippen molar-refractivity contribution in [1.82, 2.24) is 9.88 Å². The van der Waals surface area contributed by atoms with Crippen LogP contribution in [0, 0.1) is 6.92 Å². The average Bonchev–Trinajstić information content (AvgIpc) is 2.67. The summed E-state index contributed by atoms with van der Waals surface area (Å²) < 4.78 is 0. The van der Waals surface area contributed by atoms with Gasteiger partial charge in [0.1, 0.15) is 0 Å². The third-order valence-electron chi connectivity index (χ3n) is 3.41. The molecule has 0 bridgehead atoms. The molecule has 1 atom stereocenters. The molecule has 1 fully saturated rings. The van der Waals surface area contributed by atoms with Crippen LogP contribution >= 0.6 is 11.3 Å². The summed E-state index contributed by atoms with van der Waals surface area (Å²) in [7, 11) is 0. The van der Waals surface area contributed by atoms with E-state index >= 15 is 0 Å². The first-order valence-corrected chi connectivity index (χ1v) is 7.46. The maximum atomic E-state index is 12.1. The highest BCUT2D eigenvalue weighted by Gasteiger charge is 2.26. The summed E-state index contributed by atoms with van der Waals surface area (Å²) in [6, 6.07) is 0. The van der Waals surface area contributed by atoms with Crippen molar-refractivity contribution in [3.8, 4) is 0 Å². The highest BCUT2D eigenvalue weighted by Crippen LogP contribution is 2.21. The zero-order chi connectivity index (χ0) is 13.9. The lowest BCUT2D eigenvalue weighted by atomic mass is 9.98. The molecule has 0 aromatic carbocycles. The number of carbonyl (C=O) groups is 1. The molecule has 1 unspecified atom stereocenters. The quantitative estimate of drug-likeness (QED) is 0.845. The van der Waals surface area contributed by atoms with Gasteiger partial charge in [-0.05, 0) is 39.2 Å². The van der Waals surface area contributed by atoms with Crippen molar-refractivity contribution < 1.29 is 9.90 Å². The summed E-state index contributed by atoms with van der Waals surface area (Å²) in [4.78, 5) is 18.2. The van der Waals surface area contributed by atoms with Gasteiger partial charge in [0.05, 0.1) is 16.3 Å². The highest BCUT2D eigenvalue weighted by molar-refractivity contribution is 7.09. The molecule has 1 N–H and O–H groups in total. The third-order valence-corrected chi connectivity index (χ3v) is 4.20. The van der Waals surface area contributed by atoms with E-state index in [1.807, 2.05) is 19.2 Å². The average molecular weight is 280 g/mol. The summed E-state index contributed by atoms with van der Waals surface area (Å²) >= 11 is 1.57. The predicted octanol–water partition coefficient (Wildman–Crippen LogP) is 2.23. The lowest BCUT2D eigenvalue weighted by Crippen LogP contribution is -2.32. The number of hydrogen-bond donors (Lipinski definition) is 1. The van der Waals surface area contributed by atoms with Crippen molar-refractivity contribution in [3.63, 3.8) is 0 Å². The molecule has 1 saturated heterocycles. The standard InChI is InChI=1S/C14H20N2O2S/c1-11-15-12(10-19-11)4-5-13(17)16-8-3-6-14(2,18)7-9-16/h4-5,10,18H,3,6-9H2,1-2H3/b5-4+. The fourth-order valence-corrected chi connectivity index (χ4v) is 2.78. The zero-order valence-electron chi connectivity index (χ0n) is 11.4. The van der Waals surface area contributed by atoms with Crippen LogP contribution in [0.3, 0.4) is 0 Å². The smallest absolute Gasteiger partial charge is 0.246 e. The molecule has 0 aliphatic carbocycles. The number of likely N-dealkylation sites (tertiary alicyclic amines) is 1. The largest absolute Gasteiger partial charge is 0.390 e. The molecule has 1 aliphatic rings. The highest BCUT2D eigenvalue weighted by atomic mass is 32.1. The summed E-state index contributed by atoms with van der Waals surface area (Å²) in [6.45, 7) is 5.12. The normalized spacial score (nSPS) is 24.7. The van der Waals surface area contributed by atoms with Gasteiger partial charge < -0.3 is 10.0 Å². The Bertz CT molecular complexity index is 480.